The molecule has 0 fully saturated rings. The van der Waals surface area contributed by atoms with Crippen LogP contribution in [0.3, 0.4) is 0 Å². The molecule has 0 amide bonds. The molecule has 0 aliphatic carbocycles. The molecule has 2 aromatic rings. The van der Waals surface area contributed by atoms with Gasteiger partial charge in [-0.05, 0) is 33.6 Å². The van der Waals surface area contributed by atoms with E-state index in [2.05, 4.69) is 26.2 Å². The van der Waals surface area contributed by atoms with Crippen molar-refractivity contribution in [2.24, 2.45) is 0 Å². The molecule has 0 saturated heterocycles. The summed E-state index contributed by atoms with van der Waals surface area (Å²) in [4.78, 5) is 25.3. The molecule has 0 atom stereocenters. The molecular weight excluding hydrogens is 342 g/mol. The van der Waals surface area contributed by atoms with E-state index in [1.54, 1.807) is 12.1 Å². The van der Waals surface area contributed by atoms with Crippen molar-refractivity contribution in [1.82, 2.24) is 4.98 Å². The van der Waals surface area contributed by atoms with Gasteiger partial charge in [0.15, 0.2) is 0 Å². The lowest BCUT2D eigenvalue weighted by atomic mass is 10.1. The molecule has 2 N–H and O–H groups in total. The summed E-state index contributed by atoms with van der Waals surface area (Å²) in [5, 5.41) is 22.7. The van der Waals surface area contributed by atoms with Gasteiger partial charge in [0.2, 0.25) is 5.82 Å². The van der Waals surface area contributed by atoms with Crippen molar-refractivity contribution < 1.29 is 14.8 Å². The lowest BCUT2D eigenvalue weighted by Crippen LogP contribution is -2.05. The second kappa shape index (κ2) is 6.31. The summed E-state index contributed by atoms with van der Waals surface area (Å²) in [6.07, 6.45) is 1.45. The molecular formula is C13H10BrN3O4. The normalized spacial score (nSPS) is 10.1. The predicted molar refractivity (Wildman–Crippen MR) is 79.3 cm³/mol. The zero-order valence-electron chi connectivity index (χ0n) is 10.6. The number of benzene rings is 1. The molecule has 0 aliphatic heterocycles. The number of anilines is 1. The molecule has 1 aromatic carbocycles. The number of aromatic carboxylic acids is 1. The van der Waals surface area contributed by atoms with Crippen LogP contribution in [0, 0.1) is 10.1 Å². The number of hydrogen-bond acceptors (Lipinski definition) is 5. The van der Waals surface area contributed by atoms with Crippen molar-refractivity contribution in [2.45, 2.75) is 6.54 Å². The first-order valence-corrected chi connectivity index (χ1v) is 6.62. The Balaban J connectivity index is 2.18. The van der Waals surface area contributed by atoms with Gasteiger partial charge in [0.1, 0.15) is 0 Å². The number of nitro groups is 1. The fourth-order valence-corrected chi connectivity index (χ4v) is 2.02. The van der Waals surface area contributed by atoms with E-state index in [4.69, 9.17) is 5.11 Å². The maximum absolute atomic E-state index is 11.0. The average Bonchev–Trinajstić information content (AvgIpc) is 2.46. The van der Waals surface area contributed by atoms with Crippen LogP contribution in [-0.2, 0) is 6.54 Å². The van der Waals surface area contributed by atoms with Crippen molar-refractivity contribution in [2.75, 3.05) is 5.32 Å². The van der Waals surface area contributed by atoms with Gasteiger partial charge in [-0.15, -0.1) is 0 Å². The van der Waals surface area contributed by atoms with Crippen molar-refractivity contribution in [3.63, 3.8) is 0 Å². The molecule has 1 aromatic heterocycles. The number of hydrogen-bond donors (Lipinski definition) is 2. The van der Waals surface area contributed by atoms with E-state index in [-0.39, 0.29) is 23.6 Å². The Hall–Kier alpha value is -2.48. The number of rotatable bonds is 5. The Bertz CT molecular complexity index is 706. The highest BCUT2D eigenvalue weighted by molar-refractivity contribution is 9.10. The minimum Gasteiger partial charge on any atom is -0.478 e. The average molecular weight is 352 g/mol. The zero-order chi connectivity index (χ0) is 15.4. The molecule has 2 rings (SSSR count). The number of carboxylic acid groups (broad SMARTS) is 1. The highest BCUT2D eigenvalue weighted by atomic mass is 79.9. The first-order chi connectivity index (χ1) is 9.97. The number of halogens is 1. The molecule has 0 radical (unpaired) electrons. The molecule has 8 heteroatoms. The van der Waals surface area contributed by atoms with E-state index in [0.717, 1.165) is 0 Å². The van der Waals surface area contributed by atoms with Gasteiger partial charge in [-0.2, -0.15) is 0 Å². The lowest BCUT2D eigenvalue weighted by Gasteiger charge is -2.07. The summed E-state index contributed by atoms with van der Waals surface area (Å²) in [7, 11) is 0. The molecule has 0 spiro atoms. The van der Waals surface area contributed by atoms with Crippen molar-refractivity contribution in [3.8, 4) is 0 Å². The summed E-state index contributed by atoms with van der Waals surface area (Å²) < 4.78 is 0.507. The number of carboxylic acids is 1. The topological polar surface area (TPSA) is 105 Å². The quantitative estimate of drug-likeness (QED) is 0.633. The van der Waals surface area contributed by atoms with Crippen LogP contribution < -0.4 is 5.32 Å². The number of nitrogens with one attached hydrogen (secondary N) is 1. The second-order valence-corrected chi connectivity index (χ2v) is 5.05. The smallest absolute Gasteiger partial charge is 0.335 e. The standard InChI is InChI=1S/C13H10BrN3O4/c14-10-5-11(17(20)21)12(16-7-10)15-6-8-2-1-3-9(4-8)13(18)19/h1-5,7H,6H2,(H,15,16)(H,18,19). The largest absolute Gasteiger partial charge is 0.478 e. The van der Waals surface area contributed by atoms with E-state index < -0.39 is 10.9 Å². The first kappa shape index (κ1) is 14.9. The third-order valence-electron chi connectivity index (χ3n) is 2.66. The van der Waals surface area contributed by atoms with E-state index in [9.17, 15) is 14.9 Å². The summed E-state index contributed by atoms with van der Waals surface area (Å²) in [5.74, 6) is -0.895. The lowest BCUT2D eigenvalue weighted by molar-refractivity contribution is -0.384. The van der Waals surface area contributed by atoms with E-state index in [1.807, 2.05) is 0 Å². The Morgan fingerprint density at radius 3 is 2.86 bits per heavy atom. The maximum Gasteiger partial charge on any atom is 0.335 e. The molecule has 0 aliphatic rings. The molecule has 108 valence electrons. The second-order valence-electron chi connectivity index (χ2n) is 4.14. The summed E-state index contributed by atoms with van der Waals surface area (Å²) in [5.41, 5.74) is 0.695. The van der Waals surface area contributed by atoms with Gasteiger partial charge in [0.25, 0.3) is 0 Å². The first-order valence-electron chi connectivity index (χ1n) is 5.83. The number of pyridine rings is 1. The molecule has 0 saturated carbocycles. The van der Waals surface area contributed by atoms with Gasteiger partial charge in [0, 0.05) is 23.3 Å². The van der Waals surface area contributed by atoms with Crippen LogP contribution in [0.2, 0.25) is 0 Å². The molecule has 1 heterocycles. The van der Waals surface area contributed by atoms with Gasteiger partial charge in [0.05, 0.1) is 10.5 Å². The summed E-state index contributed by atoms with van der Waals surface area (Å²) in [6.45, 7) is 0.233. The Kier molecular flexibility index (Phi) is 4.49. The monoisotopic (exact) mass is 351 g/mol. The third kappa shape index (κ3) is 3.76. The van der Waals surface area contributed by atoms with Gasteiger partial charge in [-0.3, -0.25) is 10.1 Å². The maximum atomic E-state index is 11.0. The van der Waals surface area contributed by atoms with Crippen LogP contribution in [-0.4, -0.2) is 21.0 Å². The summed E-state index contributed by atoms with van der Waals surface area (Å²) >= 11 is 3.13. The van der Waals surface area contributed by atoms with E-state index >= 15 is 0 Å². The zero-order valence-corrected chi connectivity index (χ0v) is 12.2. The summed E-state index contributed by atoms with van der Waals surface area (Å²) in [6, 6.07) is 7.67. The van der Waals surface area contributed by atoms with Crippen LogP contribution in [0.25, 0.3) is 0 Å². The number of aromatic nitrogens is 1. The number of carbonyl (C=O) groups is 1. The Morgan fingerprint density at radius 1 is 1.43 bits per heavy atom. The van der Waals surface area contributed by atoms with Crippen molar-refractivity contribution in [1.29, 1.82) is 0 Å². The third-order valence-corrected chi connectivity index (χ3v) is 3.10. The van der Waals surface area contributed by atoms with Crippen LogP contribution in [0.5, 0.6) is 0 Å². The van der Waals surface area contributed by atoms with Crippen molar-refractivity contribution >= 4 is 33.4 Å². The molecule has 0 unspecified atom stereocenters. The van der Waals surface area contributed by atoms with Crippen LogP contribution in [0.4, 0.5) is 11.5 Å². The number of nitrogens with zero attached hydrogens (tertiary/aromatic N) is 2. The molecule has 0 bridgehead atoms. The van der Waals surface area contributed by atoms with Crippen LogP contribution >= 0.6 is 15.9 Å². The highest BCUT2D eigenvalue weighted by Gasteiger charge is 2.15. The van der Waals surface area contributed by atoms with Gasteiger partial charge < -0.3 is 10.4 Å². The van der Waals surface area contributed by atoms with Gasteiger partial charge in [-0.1, -0.05) is 12.1 Å². The Labute approximate surface area is 127 Å². The SMILES string of the molecule is O=C(O)c1cccc(CNc2ncc(Br)cc2[N+](=O)[O-])c1. The van der Waals surface area contributed by atoms with E-state index in [0.29, 0.717) is 10.0 Å². The van der Waals surface area contributed by atoms with Gasteiger partial charge in [-0.25, -0.2) is 9.78 Å². The minimum absolute atomic E-state index is 0.129. The highest BCUT2D eigenvalue weighted by Crippen LogP contribution is 2.25. The van der Waals surface area contributed by atoms with Crippen LogP contribution in [0.15, 0.2) is 41.0 Å². The fourth-order valence-electron chi connectivity index (χ4n) is 1.70. The fraction of sp³-hybridized carbons (Fsp3) is 0.0769. The molecule has 21 heavy (non-hydrogen) atoms. The van der Waals surface area contributed by atoms with Gasteiger partial charge >= 0.3 is 11.7 Å². The van der Waals surface area contributed by atoms with Crippen LogP contribution in [0.1, 0.15) is 15.9 Å². The predicted octanol–water partition coefficient (Wildman–Crippen LogP) is 3.06. The van der Waals surface area contributed by atoms with E-state index in [1.165, 1.54) is 24.4 Å². The Morgan fingerprint density at radius 2 is 2.19 bits per heavy atom. The minimum atomic E-state index is -1.02. The van der Waals surface area contributed by atoms with Crippen molar-refractivity contribution in [3.05, 3.63) is 62.2 Å². The molecule has 7 nitrogen and oxygen atoms in total.